The number of halogens is 1. The largest absolute Gasteiger partial charge is 0.337 e. The number of amides is 1. The Morgan fingerprint density at radius 3 is 2.18 bits per heavy atom. The highest BCUT2D eigenvalue weighted by Gasteiger charge is 2.69. The molecular formula is C13H25ClN2O. The van der Waals surface area contributed by atoms with Crippen LogP contribution in [0.3, 0.4) is 0 Å². The van der Waals surface area contributed by atoms with Crippen molar-refractivity contribution in [1.29, 1.82) is 0 Å². The minimum Gasteiger partial charge on any atom is -0.337 e. The van der Waals surface area contributed by atoms with Gasteiger partial charge in [-0.25, -0.2) is 0 Å². The third-order valence-electron chi connectivity index (χ3n) is 5.05. The lowest BCUT2D eigenvalue weighted by atomic mass is 10.0. The van der Waals surface area contributed by atoms with Gasteiger partial charge in [-0.15, -0.1) is 12.4 Å². The van der Waals surface area contributed by atoms with Crippen LogP contribution in [0.2, 0.25) is 0 Å². The molecule has 100 valence electrons. The van der Waals surface area contributed by atoms with E-state index in [1.165, 1.54) is 0 Å². The summed E-state index contributed by atoms with van der Waals surface area (Å²) < 4.78 is 0. The molecule has 1 amide bonds. The van der Waals surface area contributed by atoms with Crippen molar-refractivity contribution in [2.45, 2.75) is 40.7 Å². The quantitative estimate of drug-likeness (QED) is 0.781. The molecule has 1 saturated carbocycles. The molecule has 0 aromatic carbocycles. The summed E-state index contributed by atoms with van der Waals surface area (Å²) in [6.07, 6.45) is 0. The van der Waals surface area contributed by atoms with Crippen LogP contribution in [-0.2, 0) is 4.79 Å². The van der Waals surface area contributed by atoms with Gasteiger partial charge >= 0.3 is 0 Å². The summed E-state index contributed by atoms with van der Waals surface area (Å²) >= 11 is 0. The van der Waals surface area contributed by atoms with E-state index in [0.29, 0.717) is 11.9 Å². The van der Waals surface area contributed by atoms with Crippen LogP contribution in [0.1, 0.15) is 34.6 Å². The van der Waals surface area contributed by atoms with E-state index in [-0.39, 0.29) is 29.2 Å². The molecule has 1 atom stereocenters. The predicted octanol–water partition coefficient (Wildman–Crippen LogP) is 1.91. The Morgan fingerprint density at radius 2 is 1.76 bits per heavy atom. The van der Waals surface area contributed by atoms with Crippen LogP contribution < -0.4 is 5.32 Å². The Morgan fingerprint density at radius 1 is 1.24 bits per heavy atom. The summed E-state index contributed by atoms with van der Waals surface area (Å²) in [7, 11) is 0. The number of carbonyl (C=O) groups excluding carboxylic acids is 1. The molecule has 1 aliphatic heterocycles. The van der Waals surface area contributed by atoms with Crippen molar-refractivity contribution in [3.63, 3.8) is 0 Å². The number of rotatable bonds is 1. The summed E-state index contributed by atoms with van der Waals surface area (Å²) in [6.45, 7) is 13.7. The zero-order chi connectivity index (χ0) is 12.1. The lowest BCUT2D eigenvalue weighted by molar-refractivity contribution is -0.136. The summed E-state index contributed by atoms with van der Waals surface area (Å²) in [5.41, 5.74) is 0.323. The molecule has 2 aliphatic rings. The van der Waals surface area contributed by atoms with E-state index in [1.807, 2.05) is 0 Å². The topological polar surface area (TPSA) is 32.3 Å². The SMILES string of the molecule is CC1CNCCN1C(=O)C1C(C)(C)C1(C)C.Cl. The van der Waals surface area contributed by atoms with Crippen LogP contribution in [0.15, 0.2) is 0 Å². The Kier molecular flexibility index (Phi) is 3.85. The smallest absolute Gasteiger partial charge is 0.227 e. The molecule has 1 aliphatic carbocycles. The number of carbonyl (C=O) groups is 1. The molecule has 1 heterocycles. The number of nitrogens with zero attached hydrogens (tertiary/aromatic N) is 1. The molecule has 2 fully saturated rings. The highest BCUT2D eigenvalue weighted by molar-refractivity contribution is 5.85. The monoisotopic (exact) mass is 260 g/mol. The first kappa shape index (κ1) is 14.8. The van der Waals surface area contributed by atoms with Crippen LogP contribution in [-0.4, -0.2) is 36.5 Å². The van der Waals surface area contributed by atoms with Crippen molar-refractivity contribution >= 4 is 18.3 Å². The van der Waals surface area contributed by atoms with Gasteiger partial charge in [0.1, 0.15) is 0 Å². The van der Waals surface area contributed by atoms with E-state index < -0.39 is 0 Å². The molecule has 1 N–H and O–H groups in total. The zero-order valence-electron chi connectivity index (χ0n) is 11.5. The van der Waals surface area contributed by atoms with Gasteiger partial charge in [0.2, 0.25) is 5.91 Å². The van der Waals surface area contributed by atoms with Crippen LogP contribution >= 0.6 is 12.4 Å². The van der Waals surface area contributed by atoms with Gasteiger partial charge in [0, 0.05) is 31.6 Å². The first-order valence-corrected chi connectivity index (χ1v) is 6.31. The fraction of sp³-hybridized carbons (Fsp3) is 0.923. The molecule has 0 radical (unpaired) electrons. The Bertz CT molecular complexity index is 301. The van der Waals surface area contributed by atoms with E-state index in [0.717, 1.165) is 19.6 Å². The maximum Gasteiger partial charge on any atom is 0.227 e. The lowest BCUT2D eigenvalue weighted by Crippen LogP contribution is -2.53. The summed E-state index contributed by atoms with van der Waals surface area (Å²) in [5, 5.41) is 3.33. The van der Waals surface area contributed by atoms with Crippen LogP contribution in [0, 0.1) is 16.7 Å². The molecular weight excluding hydrogens is 236 g/mol. The minimum absolute atomic E-state index is 0. The van der Waals surface area contributed by atoms with Crippen molar-refractivity contribution in [1.82, 2.24) is 10.2 Å². The third-order valence-corrected chi connectivity index (χ3v) is 5.05. The van der Waals surface area contributed by atoms with Gasteiger partial charge in [-0.3, -0.25) is 4.79 Å². The molecule has 1 unspecified atom stereocenters. The van der Waals surface area contributed by atoms with Crippen molar-refractivity contribution < 1.29 is 4.79 Å². The highest BCUT2D eigenvalue weighted by Crippen LogP contribution is 2.68. The average Bonchev–Trinajstić information content (AvgIpc) is 2.57. The summed E-state index contributed by atoms with van der Waals surface area (Å²) in [5.74, 6) is 0.574. The van der Waals surface area contributed by atoms with Gasteiger partial charge in [0.25, 0.3) is 0 Å². The van der Waals surface area contributed by atoms with Gasteiger partial charge < -0.3 is 10.2 Å². The van der Waals surface area contributed by atoms with Crippen LogP contribution in [0.5, 0.6) is 0 Å². The third kappa shape index (κ3) is 2.08. The maximum absolute atomic E-state index is 12.5. The van der Waals surface area contributed by atoms with Crippen molar-refractivity contribution in [3.8, 4) is 0 Å². The van der Waals surface area contributed by atoms with E-state index in [4.69, 9.17) is 0 Å². The molecule has 0 spiro atoms. The first-order valence-electron chi connectivity index (χ1n) is 6.31. The fourth-order valence-corrected chi connectivity index (χ4v) is 3.15. The molecule has 1 saturated heterocycles. The standard InChI is InChI=1S/C13H24N2O.ClH/c1-9-8-14-6-7-15(9)11(16)10-12(2,3)13(10,4)5;/h9-10,14H,6-8H2,1-5H3;1H. The molecule has 2 rings (SSSR count). The molecule has 0 aromatic rings. The van der Waals surface area contributed by atoms with Gasteiger partial charge in [-0.1, -0.05) is 27.7 Å². The average molecular weight is 261 g/mol. The minimum atomic E-state index is 0. The molecule has 3 nitrogen and oxygen atoms in total. The van der Waals surface area contributed by atoms with Gasteiger partial charge in [0.15, 0.2) is 0 Å². The molecule has 0 aromatic heterocycles. The van der Waals surface area contributed by atoms with Gasteiger partial charge in [-0.2, -0.15) is 0 Å². The lowest BCUT2D eigenvalue weighted by Gasteiger charge is -2.34. The number of piperazine rings is 1. The normalized spacial score (nSPS) is 30.6. The fourth-order valence-electron chi connectivity index (χ4n) is 3.15. The van der Waals surface area contributed by atoms with Crippen molar-refractivity contribution in [3.05, 3.63) is 0 Å². The van der Waals surface area contributed by atoms with E-state index in [2.05, 4.69) is 44.8 Å². The number of hydrogen-bond donors (Lipinski definition) is 1. The van der Waals surface area contributed by atoms with Crippen LogP contribution in [0.25, 0.3) is 0 Å². The summed E-state index contributed by atoms with van der Waals surface area (Å²) in [6, 6.07) is 0.341. The first-order chi connectivity index (χ1) is 7.30. The van der Waals surface area contributed by atoms with Gasteiger partial charge in [0.05, 0.1) is 0 Å². The molecule has 17 heavy (non-hydrogen) atoms. The van der Waals surface area contributed by atoms with Gasteiger partial charge in [-0.05, 0) is 17.8 Å². The van der Waals surface area contributed by atoms with Crippen molar-refractivity contribution in [2.75, 3.05) is 19.6 Å². The second kappa shape index (κ2) is 4.43. The zero-order valence-corrected chi connectivity index (χ0v) is 12.4. The second-order valence-electron chi connectivity index (χ2n) is 6.46. The number of hydrogen-bond acceptors (Lipinski definition) is 2. The Balaban J connectivity index is 0.00000144. The Labute approximate surface area is 111 Å². The molecule has 4 heteroatoms. The Hall–Kier alpha value is -0.280. The van der Waals surface area contributed by atoms with E-state index in [1.54, 1.807) is 0 Å². The van der Waals surface area contributed by atoms with E-state index >= 15 is 0 Å². The highest BCUT2D eigenvalue weighted by atomic mass is 35.5. The van der Waals surface area contributed by atoms with Crippen molar-refractivity contribution in [2.24, 2.45) is 16.7 Å². The summed E-state index contributed by atoms with van der Waals surface area (Å²) in [4.78, 5) is 14.6. The second-order valence-corrected chi connectivity index (χ2v) is 6.46. The van der Waals surface area contributed by atoms with E-state index in [9.17, 15) is 4.79 Å². The predicted molar refractivity (Wildman–Crippen MR) is 72.3 cm³/mol. The molecule has 0 bridgehead atoms. The van der Waals surface area contributed by atoms with Crippen LogP contribution in [0.4, 0.5) is 0 Å². The number of nitrogens with one attached hydrogen (secondary N) is 1. The maximum atomic E-state index is 12.5.